The number of hydrogen-bond donors (Lipinski definition) is 2. The Morgan fingerprint density at radius 1 is 1.11 bits per heavy atom. The number of nitrogen functional groups attached to an aromatic ring is 1. The number of halogens is 4. The monoisotopic (exact) mass is 306 g/mol. The molecule has 1 heterocycles. The SMILES string of the molecule is Nc1c(Cl)ncnc1Nc1c(Cl)cc(F)cc1Cl. The van der Waals surface area contributed by atoms with Crippen molar-refractivity contribution in [1.29, 1.82) is 0 Å². The second-order valence-corrected chi connectivity index (χ2v) is 4.47. The number of nitrogens with zero attached hydrogens (tertiary/aromatic N) is 2. The fourth-order valence-electron chi connectivity index (χ4n) is 1.25. The number of nitrogens with two attached hydrogens (primary N) is 1. The molecule has 0 fully saturated rings. The van der Waals surface area contributed by atoms with Gasteiger partial charge in [0.2, 0.25) is 0 Å². The molecule has 1 aromatic heterocycles. The third-order valence-electron chi connectivity index (χ3n) is 2.09. The molecule has 3 N–H and O–H groups in total. The number of nitrogens with one attached hydrogen (secondary N) is 1. The highest BCUT2D eigenvalue weighted by atomic mass is 35.5. The lowest BCUT2D eigenvalue weighted by Gasteiger charge is -2.11. The van der Waals surface area contributed by atoms with E-state index in [1.807, 2.05) is 0 Å². The van der Waals surface area contributed by atoms with E-state index in [1.165, 1.54) is 6.33 Å². The minimum absolute atomic E-state index is 0.0989. The van der Waals surface area contributed by atoms with Crippen molar-refractivity contribution in [3.8, 4) is 0 Å². The van der Waals surface area contributed by atoms with Crippen LogP contribution in [0.5, 0.6) is 0 Å². The predicted octanol–water partition coefficient (Wildman–Crippen LogP) is 3.90. The van der Waals surface area contributed by atoms with E-state index in [2.05, 4.69) is 15.3 Å². The van der Waals surface area contributed by atoms with E-state index in [1.54, 1.807) is 0 Å². The van der Waals surface area contributed by atoms with Gasteiger partial charge in [0.05, 0.1) is 15.7 Å². The number of benzene rings is 1. The maximum atomic E-state index is 13.0. The highest BCUT2D eigenvalue weighted by Gasteiger charge is 2.12. The van der Waals surface area contributed by atoms with E-state index in [0.717, 1.165) is 12.1 Å². The summed E-state index contributed by atoms with van der Waals surface area (Å²) in [6.07, 6.45) is 1.23. The topological polar surface area (TPSA) is 63.8 Å². The molecule has 0 unspecified atom stereocenters. The van der Waals surface area contributed by atoms with Gasteiger partial charge in [-0.2, -0.15) is 0 Å². The molecule has 2 rings (SSSR count). The summed E-state index contributed by atoms with van der Waals surface area (Å²) in [5.41, 5.74) is 6.12. The van der Waals surface area contributed by atoms with E-state index in [0.29, 0.717) is 5.69 Å². The highest BCUT2D eigenvalue weighted by molar-refractivity contribution is 6.39. The average molecular weight is 308 g/mol. The first-order valence-electron chi connectivity index (χ1n) is 4.66. The third kappa shape index (κ3) is 2.58. The Hall–Kier alpha value is -1.30. The standard InChI is InChI=1S/C10H6Cl3FN4/c11-5-1-4(14)2-6(12)8(5)18-10-7(15)9(13)16-3-17-10/h1-3H,15H2,(H,16,17,18). The van der Waals surface area contributed by atoms with Crippen molar-refractivity contribution < 1.29 is 4.39 Å². The average Bonchev–Trinajstić information content (AvgIpc) is 2.28. The van der Waals surface area contributed by atoms with Gasteiger partial charge in [-0.05, 0) is 12.1 Å². The van der Waals surface area contributed by atoms with Crippen molar-refractivity contribution in [2.75, 3.05) is 11.1 Å². The lowest BCUT2D eigenvalue weighted by Crippen LogP contribution is -2.02. The van der Waals surface area contributed by atoms with E-state index < -0.39 is 5.82 Å². The summed E-state index contributed by atoms with van der Waals surface area (Å²) < 4.78 is 13.0. The van der Waals surface area contributed by atoms with Crippen LogP contribution in [-0.2, 0) is 0 Å². The predicted molar refractivity (Wildman–Crippen MR) is 71.2 cm³/mol. The van der Waals surface area contributed by atoms with Gasteiger partial charge in [-0.25, -0.2) is 14.4 Å². The van der Waals surface area contributed by atoms with Gasteiger partial charge >= 0.3 is 0 Å². The molecule has 94 valence electrons. The highest BCUT2D eigenvalue weighted by Crippen LogP contribution is 2.35. The molecule has 0 radical (unpaired) electrons. The normalized spacial score (nSPS) is 10.4. The molecule has 0 aliphatic heterocycles. The number of hydrogen-bond acceptors (Lipinski definition) is 4. The maximum Gasteiger partial charge on any atom is 0.158 e. The van der Waals surface area contributed by atoms with Gasteiger partial charge in [0.1, 0.15) is 17.8 Å². The van der Waals surface area contributed by atoms with E-state index >= 15 is 0 Å². The summed E-state index contributed by atoms with van der Waals surface area (Å²) in [5.74, 6) is -0.297. The fourth-order valence-corrected chi connectivity index (χ4v) is 1.94. The maximum absolute atomic E-state index is 13.0. The first-order valence-corrected chi connectivity index (χ1v) is 5.80. The van der Waals surface area contributed by atoms with Crippen LogP contribution in [0.1, 0.15) is 0 Å². The van der Waals surface area contributed by atoms with Crippen molar-refractivity contribution >= 4 is 52.0 Å². The van der Waals surface area contributed by atoms with Crippen LogP contribution in [0.3, 0.4) is 0 Å². The smallest absolute Gasteiger partial charge is 0.158 e. The van der Waals surface area contributed by atoms with Crippen molar-refractivity contribution in [1.82, 2.24) is 9.97 Å². The molecule has 0 amide bonds. The zero-order chi connectivity index (χ0) is 13.3. The minimum atomic E-state index is -0.538. The molecule has 2 aromatic rings. The molecule has 0 saturated heterocycles. The molecular weight excluding hydrogens is 301 g/mol. The van der Waals surface area contributed by atoms with Crippen LogP contribution < -0.4 is 11.1 Å². The Kier molecular flexibility index (Phi) is 3.75. The zero-order valence-electron chi connectivity index (χ0n) is 8.72. The van der Waals surface area contributed by atoms with Gasteiger partial charge in [-0.3, -0.25) is 0 Å². The Bertz CT molecular complexity index is 583. The zero-order valence-corrected chi connectivity index (χ0v) is 11.0. The summed E-state index contributed by atoms with van der Waals surface area (Å²) in [7, 11) is 0. The molecule has 0 saturated carbocycles. The van der Waals surface area contributed by atoms with Gasteiger partial charge in [-0.15, -0.1) is 0 Å². The van der Waals surface area contributed by atoms with Crippen LogP contribution in [0.15, 0.2) is 18.5 Å². The largest absolute Gasteiger partial charge is 0.393 e. The molecule has 0 aliphatic rings. The number of rotatable bonds is 2. The second-order valence-electron chi connectivity index (χ2n) is 3.30. The van der Waals surface area contributed by atoms with Crippen LogP contribution in [0, 0.1) is 5.82 Å². The minimum Gasteiger partial charge on any atom is -0.393 e. The summed E-state index contributed by atoms with van der Waals surface area (Å²) >= 11 is 17.5. The first kappa shape index (κ1) is 13.1. The quantitative estimate of drug-likeness (QED) is 0.826. The third-order valence-corrected chi connectivity index (χ3v) is 2.98. The van der Waals surface area contributed by atoms with Gasteiger partial charge in [0.15, 0.2) is 11.0 Å². The first-order chi connectivity index (χ1) is 8.49. The lowest BCUT2D eigenvalue weighted by atomic mass is 10.3. The van der Waals surface area contributed by atoms with Crippen LogP contribution in [0.4, 0.5) is 21.6 Å². The molecule has 4 nitrogen and oxygen atoms in total. The van der Waals surface area contributed by atoms with Gasteiger partial charge in [0.25, 0.3) is 0 Å². The Balaban J connectivity index is 2.43. The number of anilines is 3. The molecule has 18 heavy (non-hydrogen) atoms. The lowest BCUT2D eigenvalue weighted by molar-refractivity contribution is 0.628. The molecule has 0 spiro atoms. The Morgan fingerprint density at radius 3 is 2.33 bits per heavy atom. The molecular formula is C10H6Cl3FN4. The van der Waals surface area contributed by atoms with Crippen molar-refractivity contribution in [2.24, 2.45) is 0 Å². The van der Waals surface area contributed by atoms with Crippen LogP contribution in [-0.4, -0.2) is 9.97 Å². The van der Waals surface area contributed by atoms with Crippen molar-refractivity contribution in [2.45, 2.75) is 0 Å². The fraction of sp³-hybridized carbons (Fsp3) is 0. The van der Waals surface area contributed by atoms with E-state index in [9.17, 15) is 4.39 Å². The molecule has 1 aromatic carbocycles. The van der Waals surface area contributed by atoms with Crippen LogP contribution >= 0.6 is 34.8 Å². The van der Waals surface area contributed by atoms with Gasteiger partial charge < -0.3 is 11.1 Å². The van der Waals surface area contributed by atoms with Crippen molar-refractivity contribution in [3.05, 3.63) is 39.5 Å². The second kappa shape index (κ2) is 5.14. The summed E-state index contributed by atoms with van der Waals surface area (Å²) in [4.78, 5) is 7.60. The molecule has 8 heteroatoms. The summed E-state index contributed by atoms with van der Waals surface area (Å²) in [5, 5.41) is 3.10. The van der Waals surface area contributed by atoms with E-state index in [4.69, 9.17) is 40.5 Å². The van der Waals surface area contributed by atoms with Crippen LogP contribution in [0.25, 0.3) is 0 Å². The Labute approximate surface area is 117 Å². The molecule has 0 atom stereocenters. The molecule has 0 aliphatic carbocycles. The van der Waals surface area contributed by atoms with Crippen LogP contribution in [0.2, 0.25) is 15.2 Å². The van der Waals surface area contributed by atoms with E-state index in [-0.39, 0.29) is 26.7 Å². The summed E-state index contributed by atoms with van der Waals surface area (Å²) in [6.45, 7) is 0. The van der Waals surface area contributed by atoms with Gasteiger partial charge in [-0.1, -0.05) is 34.8 Å². The Morgan fingerprint density at radius 2 is 1.72 bits per heavy atom. The molecule has 0 bridgehead atoms. The number of aromatic nitrogens is 2. The summed E-state index contributed by atoms with van der Waals surface area (Å²) in [6, 6.07) is 2.24. The van der Waals surface area contributed by atoms with Gasteiger partial charge in [0, 0.05) is 0 Å². The van der Waals surface area contributed by atoms with Crippen molar-refractivity contribution in [3.63, 3.8) is 0 Å².